The van der Waals surface area contributed by atoms with Crippen molar-refractivity contribution in [3.05, 3.63) is 35.6 Å². The van der Waals surface area contributed by atoms with Crippen LogP contribution in [0.15, 0.2) is 32.2 Å². The van der Waals surface area contributed by atoms with E-state index in [1.54, 1.807) is 37.5 Å². The largest absolute Gasteiger partial charge is 0.465 e. The van der Waals surface area contributed by atoms with E-state index in [1.807, 2.05) is 0 Å². The van der Waals surface area contributed by atoms with Gasteiger partial charge in [0.15, 0.2) is 10.7 Å². The first kappa shape index (κ1) is 22.8. The summed E-state index contributed by atoms with van der Waals surface area (Å²) >= 11 is 0. The van der Waals surface area contributed by atoms with Crippen molar-refractivity contribution in [2.75, 3.05) is 13.1 Å². The minimum Gasteiger partial charge on any atom is -0.465 e. The molecule has 2 aromatic rings. The summed E-state index contributed by atoms with van der Waals surface area (Å²) in [5.41, 5.74) is 0.317. The third kappa shape index (κ3) is 5.15. The van der Waals surface area contributed by atoms with E-state index in [0.29, 0.717) is 37.4 Å². The second-order valence-corrected chi connectivity index (χ2v) is 10.6. The Hall–Kier alpha value is -2.39. The van der Waals surface area contributed by atoms with Gasteiger partial charge in [-0.2, -0.15) is 4.31 Å². The molecule has 2 fully saturated rings. The molecule has 1 N–H and O–H groups in total. The van der Waals surface area contributed by atoms with E-state index in [2.05, 4.69) is 10.5 Å². The van der Waals surface area contributed by atoms with Crippen LogP contribution in [0.1, 0.15) is 68.6 Å². The molecule has 0 spiro atoms. The van der Waals surface area contributed by atoms with Crippen LogP contribution < -0.4 is 5.32 Å². The molecule has 9 heteroatoms. The van der Waals surface area contributed by atoms with Gasteiger partial charge < -0.3 is 14.3 Å². The van der Waals surface area contributed by atoms with Gasteiger partial charge in [0.1, 0.15) is 11.5 Å². The molecule has 32 heavy (non-hydrogen) atoms. The highest BCUT2D eigenvalue weighted by Gasteiger charge is 2.36. The lowest BCUT2D eigenvalue weighted by molar-refractivity contribution is -0.126. The fourth-order valence-electron chi connectivity index (χ4n) is 4.57. The standard InChI is InChI=1S/C23H31N3O5S/c1-17-22(21(31-25-17)11-10-20-9-6-16-30-20)32(28,29)26-14-12-18(13-15-26)23(27)24-19-7-4-2-3-5-8-19/h6,9-11,16,18-19H,2-5,7-8,12-15H2,1H3,(H,24,27). The number of nitrogens with zero attached hydrogens (tertiary/aromatic N) is 2. The number of aromatic nitrogens is 1. The predicted octanol–water partition coefficient (Wildman–Crippen LogP) is 3.99. The van der Waals surface area contributed by atoms with Crippen LogP contribution in [0.4, 0.5) is 0 Å². The number of hydrogen-bond acceptors (Lipinski definition) is 6. The van der Waals surface area contributed by atoms with Gasteiger partial charge in [-0.3, -0.25) is 4.79 Å². The molecule has 2 aliphatic rings. The number of nitrogens with one attached hydrogen (secondary N) is 1. The summed E-state index contributed by atoms with van der Waals surface area (Å²) in [6.45, 7) is 2.22. The number of carbonyl (C=O) groups excluding carboxylic acids is 1. The predicted molar refractivity (Wildman–Crippen MR) is 120 cm³/mol. The van der Waals surface area contributed by atoms with Crippen molar-refractivity contribution in [1.29, 1.82) is 0 Å². The van der Waals surface area contributed by atoms with Crippen molar-refractivity contribution in [3.8, 4) is 0 Å². The lowest BCUT2D eigenvalue weighted by Crippen LogP contribution is -2.45. The molecule has 8 nitrogen and oxygen atoms in total. The van der Waals surface area contributed by atoms with Crippen LogP contribution in [0.5, 0.6) is 0 Å². The smallest absolute Gasteiger partial charge is 0.248 e. The van der Waals surface area contributed by atoms with Crippen molar-refractivity contribution in [3.63, 3.8) is 0 Å². The Morgan fingerprint density at radius 3 is 2.50 bits per heavy atom. The van der Waals surface area contributed by atoms with Crippen molar-refractivity contribution in [2.45, 2.75) is 69.2 Å². The van der Waals surface area contributed by atoms with Crippen LogP contribution in [0, 0.1) is 12.8 Å². The Kier molecular flexibility index (Phi) is 7.15. The minimum absolute atomic E-state index is 0.0668. The summed E-state index contributed by atoms with van der Waals surface area (Å²) in [6, 6.07) is 3.77. The van der Waals surface area contributed by atoms with E-state index in [4.69, 9.17) is 8.94 Å². The molecule has 0 radical (unpaired) electrons. The van der Waals surface area contributed by atoms with Gasteiger partial charge in [-0.25, -0.2) is 8.42 Å². The molecule has 1 saturated heterocycles. The van der Waals surface area contributed by atoms with Crippen molar-refractivity contribution in [1.82, 2.24) is 14.8 Å². The van der Waals surface area contributed by atoms with Crippen LogP contribution >= 0.6 is 0 Å². The molecule has 0 bridgehead atoms. The highest BCUT2D eigenvalue weighted by Crippen LogP contribution is 2.29. The molecule has 4 rings (SSSR count). The van der Waals surface area contributed by atoms with E-state index in [1.165, 1.54) is 17.1 Å². The molecule has 2 aromatic heterocycles. The van der Waals surface area contributed by atoms with Crippen LogP contribution in [0.25, 0.3) is 12.2 Å². The molecule has 174 valence electrons. The number of aryl methyl sites for hydroxylation is 1. The summed E-state index contributed by atoms with van der Waals surface area (Å²) in [7, 11) is -3.79. The van der Waals surface area contributed by atoms with E-state index in [9.17, 15) is 13.2 Å². The monoisotopic (exact) mass is 461 g/mol. The van der Waals surface area contributed by atoms with Crippen molar-refractivity contribution in [2.24, 2.45) is 5.92 Å². The van der Waals surface area contributed by atoms with Gasteiger partial charge in [0.05, 0.1) is 6.26 Å². The van der Waals surface area contributed by atoms with Gasteiger partial charge in [0.25, 0.3) is 0 Å². The number of furan rings is 1. The molecular weight excluding hydrogens is 430 g/mol. The molecule has 1 aliphatic carbocycles. The normalized spacial score (nSPS) is 19.9. The van der Waals surface area contributed by atoms with E-state index < -0.39 is 10.0 Å². The Balaban J connectivity index is 1.40. The lowest BCUT2D eigenvalue weighted by atomic mass is 9.96. The molecule has 0 aromatic carbocycles. The fraction of sp³-hybridized carbons (Fsp3) is 0.565. The van der Waals surface area contributed by atoms with Crippen LogP contribution in [0.2, 0.25) is 0 Å². The summed E-state index contributed by atoms with van der Waals surface area (Å²) < 4.78 is 38.7. The number of amides is 1. The molecule has 1 aliphatic heterocycles. The zero-order valence-electron chi connectivity index (χ0n) is 18.5. The number of hydrogen-bond donors (Lipinski definition) is 1. The average Bonchev–Trinajstić information content (AvgIpc) is 3.36. The topological polar surface area (TPSA) is 106 Å². The van der Waals surface area contributed by atoms with Gasteiger partial charge in [-0.05, 0) is 56.9 Å². The first-order valence-electron chi connectivity index (χ1n) is 11.4. The molecule has 1 saturated carbocycles. The first-order valence-corrected chi connectivity index (χ1v) is 12.9. The summed E-state index contributed by atoms with van der Waals surface area (Å²) in [5.74, 6) is 0.679. The van der Waals surface area contributed by atoms with Gasteiger partial charge in [0, 0.05) is 25.0 Å². The minimum atomic E-state index is -3.79. The Bertz CT molecular complexity index is 1030. The fourth-order valence-corrected chi connectivity index (χ4v) is 6.29. The molecule has 3 heterocycles. The van der Waals surface area contributed by atoms with Crippen LogP contribution in [-0.4, -0.2) is 42.9 Å². The summed E-state index contributed by atoms with van der Waals surface area (Å²) in [5, 5.41) is 7.07. The quantitative estimate of drug-likeness (QED) is 0.652. The van der Waals surface area contributed by atoms with E-state index >= 15 is 0 Å². The third-order valence-corrected chi connectivity index (χ3v) is 8.46. The van der Waals surface area contributed by atoms with E-state index in [-0.39, 0.29) is 28.5 Å². The maximum Gasteiger partial charge on any atom is 0.248 e. The van der Waals surface area contributed by atoms with Gasteiger partial charge in [-0.1, -0.05) is 30.8 Å². The SMILES string of the molecule is Cc1noc(C=Cc2ccco2)c1S(=O)(=O)N1CCC(C(=O)NC2CCCCCC2)CC1. The zero-order chi connectivity index (χ0) is 22.6. The summed E-state index contributed by atoms with van der Waals surface area (Å²) in [6.07, 6.45) is 12.7. The van der Waals surface area contributed by atoms with Crippen LogP contribution in [0.3, 0.4) is 0 Å². The Morgan fingerprint density at radius 1 is 1.12 bits per heavy atom. The van der Waals surface area contributed by atoms with Gasteiger partial charge in [-0.15, -0.1) is 0 Å². The molecule has 1 amide bonds. The van der Waals surface area contributed by atoms with Crippen molar-refractivity contribution >= 4 is 28.1 Å². The lowest BCUT2D eigenvalue weighted by Gasteiger charge is -2.31. The summed E-state index contributed by atoms with van der Waals surface area (Å²) in [4.78, 5) is 12.8. The zero-order valence-corrected chi connectivity index (χ0v) is 19.3. The highest BCUT2D eigenvalue weighted by atomic mass is 32.2. The number of sulfonamides is 1. The number of rotatable bonds is 6. The maximum atomic E-state index is 13.4. The molecule has 0 unspecified atom stereocenters. The number of piperidine rings is 1. The second-order valence-electron chi connectivity index (χ2n) is 8.69. The van der Waals surface area contributed by atoms with Gasteiger partial charge >= 0.3 is 0 Å². The highest BCUT2D eigenvalue weighted by molar-refractivity contribution is 7.89. The van der Waals surface area contributed by atoms with Crippen molar-refractivity contribution < 1.29 is 22.2 Å². The Labute approximate surface area is 189 Å². The average molecular weight is 462 g/mol. The Morgan fingerprint density at radius 2 is 1.84 bits per heavy atom. The van der Waals surface area contributed by atoms with E-state index in [0.717, 1.165) is 25.7 Å². The molecular formula is C23H31N3O5S. The van der Waals surface area contributed by atoms with Crippen LogP contribution in [-0.2, 0) is 14.8 Å². The first-order chi connectivity index (χ1) is 15.4. The number of carbonyl (C=O) groups is 1. The molecule has 0 atom stereocenters. The second kappa shape index (κ2) is 10.0. The van der Waals surface area contributed by atoms with Gasteiger partial charge in [0.2, 0.25) is 15.9 Å². The third-order valence-electron chi connectivity index (χ3n) is 6.40. The maximum absolute atomic E-state index is 13.4.